The van der Waals surface area contributed by atoms with Gasteiger partial charge in [-0.1, -0.05) is 54.1 Å². The Hall–Kier alpha value is -4.06. The number of H-pyrrole nitrogens is 1. The van der Waals surface area contributed by atoms with Gasteiger partial charge in [-0.25, -0.2) is 0 Å². The number of nitrogens with zero attached hydrogens (tertiary/aromatic N) is 2. The Morgan fingerprint density at radius 3 is 2.43 bits per heavy atom. The molecule has 37 heavy (non-hydrogen) atoms. The molecule has 190 valence electrons. The maximum Gasteiger partial charge on any atom is 0.254 e. The first-order valence-electron chi connectivity index (χ1n) is 12.9. The molecule has 1 N–H and O–H groups in total. The highest BCUT2D eigenvalue weighted by Gasteiger charge is 2.35. The molecule has 6 nitrogen and oxygen atoms in total. The van der Waals surface area contributed by atoms with Crippen LogP contribution in [0.15, 0.2) is 79.0 Å². The first-order chi connectivity index (χ1) is 18.0. The molecule has 1 saturated carbocycles. The van der Waals surface area contributed by atoms with Crippen LogP contribution in [0.3, 0.4) is 0 Å². The number of para-hydroxylation sites is 2. The summed E-state index contributed by atoms with van der Waals surface area (Å²) in [6.45, 7) is 3.03. The summed E-state index contributed by atoms with van der Waals surface area (Å²) in [5.41, 5.74) is 4.93. The largest absolute Gasteiger partial charge is 0.496 e. The van der Waals surface area contributed by atoms with Crippen LogP contribution in [0.2, 0.25) is 0 Å². The van der Waals surface area contributed by atoms with E-state index in [0.717, 1.165) is 35.2 Å². The molecule has 0 radical (unpaired) electrons. The summed E-state index contributed by atoms with van der Waals surface area (Å²) < 4.78 is 5.56. The third-order valence-corrected chi connectivity index (χ3v) is 7.09. The van der Waals surface area contributed by atoms with Crippen molar-refractivity contribution in [2.45, 2.75) is 38.8 Å². The minimum absolute atomic E-state index is 0.0573. The van der Waals surface area contributed by atoms with Crippen LogP contribution >= 0.6 is 0 Å². The van der Waals surface area contributed by atoms with Gasteiger partial charge in [-0.3, -0.25) is 9.59 Å². The standard InChI is InChI=1S/C31H33N3O3/c1-22-11-13-23(14-12-22)31(36)34(26-15-16-26)21-30(35)33(20-25-7-3-6-10-29(25)37-2)18-17-24-19-32-28-9-5-4-8-27(24)28/h3-14,19,26,32H,15-18,20-21H2,1-2H3. The minimum Gasteiger partial charge on any atom is -0.496 e. The van der Waals surface area contributed by atoms with Gasteiger partial charge >= 0.3 is 0 Å². The monoisotopic (exact) mass is 495 g/mol. The summed E-state index contributed by atoms with van der Waals surface area (Å²) in [7, 11) is 1.64. The zero-order chi connectivity index (χ0) is 25.8. The van der Waals surface area contributed by atoms with E-state index in [1.165, 1.54) is 10.9 Å². The molecule has 0 bridgehead atoms. The zero-order valence-electron chi connectivity index (χ0n) is 21.4. The number of hydrogen-bond acceptors (Lipinski definition) is 3. The highest BCUT2D eigenvalue weighted by Crippen LogP contribution is 2.29. The topological polar surface area (TPSA) is 65.6 Å². The van der Waals surface area contributed by atoms with Gasteiger partial charge in [0, 0.05) is 47.4 Å². The zero-order valence-corrected chi connectivity index (χ0v) is 21.4. The van der Waals surface area contributed by atoms with E-state index in [-0.39, 0.29) is 24.4 Å². The van der Waals surface area contributed by atoms with Crippen LogP contribution in [-0.2, 0) is 17.8 Å². The lowest BCUT2D eigenvalue weighted by Gasteiger charge is -2.28. The molecule has 1 fully saturated rings. The fourth-order valence-corrected chi connectivity index (χ4v) is 4.79. The van der Waals surface area contributed by atoms with E-state index in [4.69, 9.17) is 4.74 Å². The Morgan fingerprint density at radius 1 is 0.946 bits per heavy atom. The van der Waals surface area contributed by atoms with Gasteiger partial charge in [0.15, 0.2) is 0 Å². The molecule has 3 aromatic carbocycles. The second kappa shape index (κ2) is 10.9. The molecule has 0 spiro atoms. The molecule has 1 aromatic heterocycles. The smallest absolute Gasteiger partial charge is 0.254 e. The van der Waals surface area contributed by atoms with Crippen molar-refractivity contribution in [1.29, 1.82) is 0 Å². The molecule has 0 atom stereocenters. The fourth-order valence-electron chi connectivity index (χ4n) is 4.79. The van der Waals surface area contributed by atoms with Crippen molar-refractivity contribution < 1.29 is 14.3 Å². The normalized spacial score (nSPS) is 12.9. The number of amides is 2. The number of aryl methyl sites for hydroxylation is 1. The van der Waals surface area contributed by atoms with Crippen molar-refractivity contribution in [2.24, 2.45) is 0 Å². The van der Waals surface area contributed by atoms with Gasteiger partial charge in [0.1, 0.15) is 12.3 Å². The van der Waals surface area contributed by atoms with E-state index in [2.05, 4.69) is 17.1 Å². The molecule has 4 aromatic rings. The number of aromatic amines is 1. The summed E-state index contributed by atoms with van der Waals surface area (Å²) in [6.07, 6.45) is 4.60. The SMILES string of the molecule is COc1ccccc1CN(CCc1c[nH]c2ccccc12)C(=O)CN(C(=O)c1ccc(C)cc1)C1CC1. The van der Waals surface area contributed by atoms with E-state index in [9.17, 15) is 9.59 Å². The van der Waals surface area contributed by atoms with Crippen LogP contribution in [0.1, 0.15) is 39.9 Å². The molecule has 0 aliphatic heterocycles. The lowest BCUT2D eigenvalue weighted by atomic mass is 10.1. The second-order valence-electron chi connectivity index (χ2n) is 9.77. The van der Waals surface area contributed by atoms with Crippen molar-refractivity contribution in [3.8, 4) is 5.75 Å². The van der Waals surface area contributed by atoms with Crippen LogP contribution in [0.4, 0.5) is 0 Å². The lowest BCUT2D eigenvalue weighted by Crippen LogP contribution is -2.44. The first kappa shape index (κ1) is 24.6. The van der Waals surface area contributed by atoms with E-state index < -0.39 is 0 Å². The van der Waals surface area contributed by atoms with Gasteiger partial charge in [0.05, 0.1) is 7.11 Å². The summed E-state index contributed by atoms with van der Waals surface area (Å²) in [4.78, 5) is 34.1. The molecule has 0 saturated heterocycles. The number of benzene rings is 3. The van der Waals surface area contributed by atoms with E-state index in [0.29, 0.717) is 25.1 Å². The van der Waals surface area contributed by atoms with Gasteiger partial charge in [-0.05, 0) is 56.0 Å². The van der Waals surface area contributed by atoms with Crippen molar-refractivity contribution in [1.82, 2.24) is 14.8 Å². The average Bonchev–Trinajstić information content (AvgIpc) is 3.69. The average molecular weight is 496 g/mol. The fraction of sp³-hybridized carbons (Fsp3) is 0.290. The summed E-state index contributed by atoms with van der Waals surface area (Å²) in [5.74, 6) is 0.616. The van der Waals surface area contributed by atoms with Gasteiger partial charge in [0.2, 0.25) is 5.91 Å². The predicted octanol–water partition coefficient (Wildman–Crippen LogP) is 5.36. The minimum atomic E-state index is -0.0790. The van der Waals surface area contributed by atoms with Crippen LogP contribution in [0.5, 0.6) is 5.75 Å². The van der Waals surface area contributed by atoms with Crippen LogP contribution in [0, 0.1) is 6.92 Å². The number of aromatic nitrogens is 1. The number of rotatable bonds is 10. The van der Waals surface area contributed by atoms with E-state index in [1.54, 1.807) is 12.0 Å². The summed E-state index contributed by atoms with van der Waals surface area (Å²) in [6, 6.07) is 23.7. The second-order valence-corrected chi connectivity index (χ2v) is 9.77. The summed E-state index contributed by atoms with van der Waals surface area (Å²) in [5, 5.41) is 1.17. The highest BCUT2D eigenvalue weighted by molar-refractivity contribution is 5.97. The molecule has 1 heterocycles. The van der Waals surface area contributed by atoms with Crippen LogP contribution in [0.25, 0.3) is 10.9 Å². The van der Waals surface area contributed by atoms with Crippen molar-refractivity contribution >= 4 is 22.7 Å². The maximum absolute atomic E-state index is 13.8. The van der Waals surface area contributed by atoms with Crippen molar-refractivity contribution in [2.75, 3.05) is 20.2 Å². The highest BCUT2D eigenvalue weighted by atomic mass is 16.5. The third kappa shape index (κ3) is 5.69. The molecular weight excluding hydrogens is 462 g/mol. The predicted molar refractivity (Wildman–Crippen MR) is 146 cm³/mol. The molecule has 1 aliphatic rings. The lowest BCUT2D eigenvalue weighted by molar-refractivity contribution is -0.132. The van der Waals surface area contributed by atoms with Gasteiger partial charge in [0.25, 0.3) is 5.91 Å². The van der Waals surface area contributed by atoms with Crippen molar-refractivity contribution in [3.63, 3.8) is 0 Å². The number of ether oxygens (including phenoxy) is 1. The van der Waals surface area contributed by atoms with E-state index >= 15 is 0 Å². The number of nitrogens with one attached hydrogen (secondary N) is 1. The number of hydrogen-bond donors (Lipinski definition) is 1. The Balaban J connectivity index is 1.37. The molecule has 0 unspecified atom stereocenters. The third-order valence-electron chi connectivity index (χ3n) is 7.09. The van der Waals surface area contributed by atoms with Crippen LogP contribution in [-0.4, -0.2) is 52.8 Å². The van der Waals surface area contributed by atoms with Gasteiger partial charge < -0.3 is 19.5 Å². The number of methoxy groups -OCH3 is 1. The van der Waals surface area contributed by atoms with Crippen LogP contribution < -0.4 is 4.74 Å². The number of fused-ring (bicyclic) bond motifs is 1. The molecule has 1 aliphatic carbocycles. The summed E-state index contributed by atoms with van der Waals surface area (Å²) >= 11 is 0. The molecular formula is C31H33N3O3. The Kier molecular flexibility index (Phi) is 7.26. The Morgan fingerprint density at radius 2 is 1.68 bits per heavy atom. The first-order valence-corrected chi connectivity index (χ1v) is 12.9. The van der Waals surface area contributed by atoms with Crippen molar-refractivity contribution in [3.05, 3.63) is 101 Å². The van der Waals surface area contributed by atoms with E-state index in [1.807, 2.05) is 78.7 Å². The Bertz CT molecular complexity index is 1390. The molecule has 6 heteroatoms. The number of carbonyl (C=O) groups is 2. The van der Waals surface area contributed by atoms with Gasteiger partial charge in [-0.2, -0.15) is 0 Å². The molecule has 2 amide bonds. The Labute approximate surface area is 217 Å². The quantitative estimate of drug-likeness (QED) is 0.322. The maximum atomic E-state index is 13.8. The number of carbonyl (C=O) groups excluding carboxylic acids is 2. The molecule has 5 rings (SSSR count). The van der Waals surface area contributed by atoms with Gasteiger partial charge in [-0.15, -0.1) is 0 Å².